The first-order valence-corrected chi connectivity index (χ1v) is 6.03. The van der Waals surface area contributed by atoms with Crippen LogP contribution in [0.2, 0.25) is 0 Å². The number of nitrogens with zero attached hydrogens (tertiary/aromatic N) is 2. The summed E-state index contributed by atoms with van der Waals surface area (Å²) in [5.74, 6) is 0. The van der Waals surface area contributed by atoms with Gasteiger partial charge in [-0.2, -0.15) is 0 Å². The second kappa shape index (κ2) is 3.56. The molecule has 0 saturated heterocycles. The zero-order chi connectivity index (χ0) is 12.9. The molecule has 0 atom stereocenters. The number of benzene rings is 1. The van der Waals surface area contributed by atoms with Crippen LogP contribution in [0, 0.1) is 0 Å². The first-order chi connectivity index (χ1) is 8.48. The molecule has 0 radical (unpaired) electrons. The minimum atomic E-state index is -0.821. The number of aliphatic hydroxyl groups is 1. The predicted molar refractivity (Wildman–Crippen MR) is 73.5 cm³/mol. The summed E-state index contributed by atoms with van der Waals surface area (Å²) in [6, 6.07) is 8.11. The highest BCUT2D eigenvalue weighted by Crippen LogP contribution is 2.31. The maximum Gasteiger partial charge on any atom is 0.0840 e. The summed E-state index contributed by atoms with van der Waals surface area (Å²) in [7, 11) is 2.05. The Hall–Kier alpha value is -1.87. The van der Waals surface area contributed by atoms with Gasteiger partial charge in [0.05, 0.1) is 11.1 Å². The van der Waals surface area contributed by atoms with Crippen molar-refractivity contribution >= 4 is 21.8 Å². The zero-order valence-corrected chi connectivity index (χ0v) is 10.8. The van der Waals surface area contributed by atoms with Crippen LogP contribution < -0.4 is 0 Å². The van der Waals surface area contributed by atoms with E-state index >= 15 is 0 Å². The van der Waals surface area contributed by atoms with Gasteiger partial charge in [0.25, 0.3) is 0 Å². The molecule has 1 aromatic carbocycles. The molecule has 3 heteroatoms. The highest BCUT2D eigenvalue weighted by atomic mass is 16.3. The lowest BCUT2D eigenvalue weighted by molar-refractivity contribution is 0.0787. The van der Waals surface area contributed by atoms with E-state index in [1.54, 1.807) is 20.0 Å². The standard InChI is InChI=1S/C15H16N2O/c1-15(2,18)10-4-5-13-11(8-10)12-9-16-7-6-14(12)17(13)3/h4-9,18H,1-3H3. The van der Waals surface area contributed by atoms with Crippen molar-refractivity contribution in [3.8, 4) is 0 Å². The van der Waals surface area contributed by atoms with Gasteiger partial charge in [-0.15, -0.1) is 0 Å². The van der Waals surface area contributed by atoms with Crippen molar-refractivity contribution in [2.75, 3.05) is 0 Å². The monoisotopic (exact) mass is 240 g/mol. The largest absolute Gasteiger partial charge is 0.386 e. The van der Waals surface area contributed by atoms with Crippen LogP contribution in [0.15, 0.2) is 36.7 Å². The normalized spacial score (nSPS) is 12.4. The average Bonchev–Trinajstić information content (AvgIpc) is 2.63. The van der Waals surface area contributed by atoms with E-state index in [0.717, 1.165) is 27.4 Å². The summed E-state index contributed by atoms with van der Waals surface area (Å²) in [4.78, 5) is 4.19. The summed E-state index contributed by atoms with van der Waals surface area (Å²) < 4.78 is 2.15. The van der Waals surface area contributed by atoms with Crippen molar-refractivity contribution in [3.63, 3.8) is 0 Å². The van der Waals surface area contributed by atoms with E-state index in [1.165, 1.54) is 0 Å². The summed E-state index contributed by atoms with van der Waals surface area (Å²) in [6.07, 6.45) is 3.68. The Morgan fingerprint density at radius 1 is 1.11 bits per heavy atom. The van der Waals surface area contributed by atoms with Gasteiger partial charge >= 0.3 is 0 Å². The number of pyridine rings is 1. The smallest absolute Gasteiger partial charge is 0.0840 e. The number of aromatic nitrogens is 2. The van der Waals surface area contributed by atoms with E-state index in [0.29, 0.717) is 0 Å². The second-order valence-electron chi connectivity index (χ2n) is 5.24. The van der Waals surface area contributed by atoms with Crippen molar-refractivity contribution in [2.24, 2.45) is 7.05 Å². The van der Waals surface area contributed by atoms with E-state index < -0.39 is 5.60 Å². The summed E-state index contributed by atoms with van der Waals surface area (Å²) in [5, 5.41) is 12.4. The quantitative estimate of drug-likeness (QED) is 0.710. The molecular weight excluding hydrogens is 224 g/mol. The maximum atomic E-state index is 10.1. The van der Waals surface area contributed by atoms with Crippen molar-refractivity contribution in [2.45, 2.75) is 19.4 Å². The van der Waals surface area contributed by atoms with Crippen molar-refractivity contribution < 1.29 is 5.11 Å². The van der Waals surface area contributed by atoms with Gasteiger partial charge in [-0.05, 0) is 37.6 Å². The molecule has 3 aromatic rings. The molecule has 0 aliphatic rings. The SMILES string of the molecule is Cn1c2ccncc2c2cc(C(C)(C)O)ccc21. The number of hydrogen-bond acceptors (Lipinski definition) is 2. The molecule has 2 aromatic heterocycles. The van der Waals surface area contributed by atoms with Gasteiger partial charge in [0.15, 0.2) is 0 Å². The molecule has 3 rings (SSSR count). The molecule has 0 spiro atoms. The van der Waals surface area contributed by atoms with E-state index in [-0.39, 0.29) is 0 Å². The van der Waals surface area contributed by atoms with Crippen molar-refractivity contribution in [1.29, 1.82) is 0 Å². The Balaban J connectivity index is 2.44. The Kier molecular flexibility index (Phi) is 2.22. The van der Waals surface area contributed by atoms with Crippen molar-refractivity contribution in [1.82, 2.24) is 9.55 Å². The summed E-state index contributed by atoms with van der Waals surface area (Å²) >= 11 is 0. The van der Waals surface area contributed by atoms with Gasteiger partial charge in [0.1, 0.15) is 0 Å². The van der Waals surface area contributed by atoms with E-state index in [1.807, 2.05) is 18.3 Å². The third-order valence-corrected chi connectivity index (χ3v) is 3.51. The Bertz CT molecular complexity index is 735. The molecule has 18 heavy (non-hydrogen) atoms. The third kappa shape index (κ3) is 1.51. The molecule has 2 heterocycles. The number of fused-ring (bicyclic) bond motifs is 3. The predicted octanol–water partition coefficient (Wildman–Crippen LogP) is 2.95. The summed E-state index contributed by atoms with van der Waals surface area (Å²) in [5.41, 5.74) is 2.42. The first kappa shape index (κ1) is 11.2. The second-order valence-corrected chi connectivity index (χ2v) is 5.24. The van der Waals surface area contributed by atoms with Gasteiger partial charge in [-0.25, -0.2) is 0 Å². The Morgan fingerprint density at radius 2 is 1.83 bits per heavy atom. The minimum absolute atomic E-state index is 0.821. The zero-order valence-electron chi connectivity index (χ0n) is 10.8. The fraction of sp³-hybridized carbons (Fsp3) is 0.267. The number of hydrogen-bond donors (Lipinski definition) is 1. The highest BCUT2D eigenvalue weighted by molar-refractivity contribution is 6.07. The minimum Gasteiger partial charge on any atom is -0.386 e. The topological polar surface area (TPSA) is 38.0 Å². The maximum absolute atomic E-state index is 10.1. The van der Waals surface area contributed by atoms with Gasteiger partial charge < -0.3 is 9.67 Å². The van der Waals surface area contributed by atoms with Gasteiger partial charge in [-0.3, -0.25) is 4.98 Å². The Morgan fingerprint density at radius 3 is 2.56 bits per heavy atom. The lowest BCUT2D eigenvalue weighted by Crippen LogP contribution is -2.14. The molecule has 3 nitrogen and oxygen atoms in total. The molecule has 0 aliphatic carbocycles. The molecular formula is C15H16N2O. The van der Waals surface area contributed by atoms with Crippen LogP contribution in [0.1, 0.15) is 19.4 Å². The molecule has 0 saturated carbocycles. The molecule has 92 valence electrons. The molecule has 0 fully saturated rings. The van der Waals surface area contributed by atoms with E-state index in [4.69, 9.17) is 0 Å². The number of aryl methyl sites for hydroxylation is 1. The van der Waals surface area contributed by atoms with Crippen molar-refractivity contribution in [3.05, 3.63) is 42.2 Å². The van der Waals surface area contributed by atoms with E-state index in [9.17, 15) is 5.11 Å². The fourth-order valence-corrected chi connectivity index (χ4v) is 2.44. The van der Waals surface area contributed by atoms with Crippen LogP contribution in [0.3, 0.4) is 0 Å². The first-order valence-electron chi connectivity index (χ1n) is 6.03. The van der Waals surface area contributed by atoms with Crippen LogP contribution >= 0.6 is 0 Å². The molecule has 1 N–H and O–H groups in total. The highest BCUT2D eigenvalue weighted by Gasteiger charge is 2.17. The Labute approximate surface area is 106 Å². The lowest BCUT2D eigenvalue weighted by atomic mass is 9.97. The van der Waals surface area contributed by atoms with Crippen LogP contribution in [0.25, 0.3) is 21.8 Å². The molecule has 0 aliphatic heterocycles. The van der Waals surface area contributed by atoms with Gasteiger partial charge in [-0.1, -0.05) is 6.07 Å². The third-order valence-electron chi connectivity index (χ3n) is 3.51. The van der Waals surface area contributed by atoms with Gasteiger partial charge in [0, 0.05) is 35.7 Å². The van der Waals surface area contributed by atoms with Crippen LogP contribution in [-0.2, 0) is 12.6 Å². The van der Waals surface area contributed by atoms with Crippen LogP contribution in [0.4, 0.5) is 0 Å². The number of rotatable bonds is 1. The fourth-order valence-electron chi connectivity index (χ4n) is 2.44. The summed E-state index contributed by atoms with van der Waals surface area (Å²) in [6.45, 7) is 3.61. The lowest BCUT2D eigenvalue weighted by Gasteiger charge is -2.17. The van der Waals surface area contributed by atoms with Crippen LogP contribution in [0.5, 0.6) is 0 Å². The molecule has 0 bridgehead atoms. The molecule has 0 amide bonds. The molecule has 0 unspecified atom stereocenters. The van der Waals surface area contributed by atoms with E-state index in [2.05, 4.69) is 28.7 Å². The van der Waals surface area contributed by atoms with Gasteiger partial charge in [0.2, 0.25) is 0 Å². The average molecular weight is 240 g/mol. The van der Waals surface area contributed by atoms with Crippen LogP contribution in [-0.4, -0.2) is 14.7 Å².